The van der Waals surface area contributed by atoms with Crippen molar-refractivity contribution in [2.75, 3.05) is 14.2 Å². The lowest BCUT2D eigenvalue weighted by atomic mass is 10.2. The summed E-state index contributed by atoms with van der Waals surface area (Å²) in [5, 5.41) is 10.7. The molecule has 0 aliphatic rings. The van der Waals surface area contributed by atoms with Gasteiger partial charge < -0.3 is 14.6 Å². The molecule has 0 radical (unpaired) electrons. The van der Waals surface area contributed by atoms with Gasteiger partial charge in [0.05, 0.1) is 14.2 Å². The molecule has 31 heavy (non-hydrogen) atoms. The molecule has 0 fully saturated rings. The molecular formula is C24H29N3O3S. The number of nitrogens with zero attached hydrogens (tertiary/aromatic N) is 3. The highest BCUT2D eigenvalue weighted by Gasteiger charge is 2.23. The number of rotatable bonds is 10. The summed E-state index contributed by atoms with van der Waals surface area (Å²) in [7, 11) is 3.33. The van der Waals surface area contributed by atoms with Gasteiger partial charge in [0, 0.05) is 30.7 Å². The second-order valence-corrected chi connectivity index (χ2v) is 8.84. The summed E-state index contributed by atoms with van der Waals surface area (Å²) in [6, 6.07) is 16.1. The summed E-state index contributed by atoms with van der Waals surface area (Å²) >= 11 is 1.60. The van der Waals surface area contributed by atoms with E-state index < -0.39 is 6.10 Å². The molecule has 0 aliphatic heterocycles. The predicted octanol–water partition coefficient (Wildman–Crippen LogP) is 4.57. The second kappa shape index (κ2) is 11.1. The highest BCUT2D eigenvalue weighted by Crippen LogP contribution is 2.30. The third-order valence-electron chi connectivity index (χ3n) is 4.86. The highest BCUT2D eigenvalue weighted by atomic mass is 32.2. The third kappa shape index (κ3) is 6.69. The summed E-state index contributed by atoms with van der Waals surface area (Å²) in [4.78, 5) is 8.58. The van der Waals surface area contributed by atoms with Crippen LogP contribution in [0.25, 0.3) is 0 Å². The van der Waals surface area contributed by atoms with Crippen molar-refractivity contribution in [1.82, 2.24) is 14.3 Å². The quantitative estimate of drug-likeness (QED) is 0.464. The summed E-state index contributed by atoms with van der Waals surface area (Å²) in [6.07, 6.45) is 2.70. The molecule has 3 rings (SSSR count). The smallest absolute Gasteiger partial charge is 0.157 e. The molecular weight excluding hydrogens is 410 g/mol. The fourth-order valence-corrected chi connectivity index (χ4v) is 4.21. The van der Waals surface area contributed by atoms with Crippen LogP contribution in [0.2, 0.25) is 0 Å². The molecule has 0 bridgehead atoms. The number of methoxy groups -OCH3 is 2. The Balaban J connectivity index is 1.74. The van der Waals surface area contributed by atoms with Crippen molar-refractivity contribution in [3.05, 3.63) is 83.4 Å². The van der Waals surface area contributed by atoms with Gasteiger partial charge in [-0.3, -0.25) is 0 Å². The molecule has 1 N–H and O–H groups in total. The maximum absolute atomic E-state index is 10.8. The molecule has 0 spiro atoms. The first-order chi connectivity index (χ1) is 15.0. The van der Waals surface area contributed by atoms with Crippen LogP contribution < -0.4 is 9.47 Å². The average molecular weight is 440 g/mol. The second-order valence-electron chi connectivity index (χ2n) is 7.37. The van der Waals surface area contributed by atoms with Crippen LogP contribution in [0.4, 0.5) is 0 Å². The summed E-state index contributed by atoms with van der Waals surface area (Å²) in [6.45, 7) is 5.35. The molecule has 6 nitrogen and oxygen atoms in total. The van der Waals surface area contributed by atoms with Crippen LogP contribution in [0.5, 0.6) is 11.5 Å². The standard InChI is InChI=1S/C24H29N3O3S/c1-17-13-25-24(26-14-17)23(28)18(2)31-27(15-19-5-9-21(29-3)10-6-19)16-20-7-11-22(30-4)12-8-20/h5-14,18,23,28H,15-16H2,1-4H3/t18-,23+/m1/s1. The van der Waals surface area contributed by atoms with Crippen molar-refractivity contribution in [1.29, 1.82) is 0 Å². The average Bonchev–Trinajstić information content (AvgIpc) is 2.80. The number of aryl methyl sites for hydroxylation is 1. The maximum atomic E-state index is 10.8. The lowest BCUT2D eigenvalue weighted by Gasteiger charge is -2.27. The Morgan fingerprint density at radius 3 is 1.74 bits per heavy atom. The number of ether oxygens (including phenoxy) is 2. The van der Waals surface area contributed by atoms with E-state index >= 15 is 0 Å². The SMILES string of the molecule is COc1ccc(CN(Cc2ccc(OC)cc2)S[C@H](C)[C@H](O)c2ncc(C)cn2)cc1. The summed E-state index contributed by atoms with van der Waals surface area (Å²) in [5.41, 5.74) is 3.29. The van der Waals surface area contributed by atoms with Crippen molar-refractivity contribution in [2.24, 2.45) is 0 Å². The van der Waals surface area contributed by atoms with E-state index in [0.717, 1.165) is 28.2 Å². The van der Waals surface area contributed by atoms with Crippen molar-refractivity contribution in [3.63, 3.8) is 0 Å². The van der Waals surface area contributed by atoms with Crippen molar-refractivity contribution >= 4 is 11.9 Å². The summed E-state index contributed by atoms with van der Waals surface area (Å²) in [5.74, 6) is 2.11. The minimum absolute atomic E-state index is 0.126. The number of aliphatic hydroxyl groups is 1. The third-order valence-corrected chi connectivity index (χ3v) is 6.01. The van der Waals surface area contributed by atoms with Gasteiger partial charge in [-0.2, -0.15) is 0 Å². The lowest BCUT2D eigenvalue weighted by Crippen LogP contribution is -2.23. The number of hydrogen-bond acceptors (Lipinski definition) is 7. The molecule has 0 saturated carbocycles. The molecule has 0 aliphatic carbocycles. The molecule has 2 atom stereocenters. The Labute approximate surface area is 188 Å². The lowest BCUT2D eigenvalue weighted by molar-refractivity contribution is 0.167. The Hall–Kier alpha value is -2.61. The van der Waals surface area contributed by atoms with E-state index in [0.29, 0.717) is 18.9 Å². The number of hydrogen-bond donors (Lipinski definition) is 1. The first-order valence-electron chi connectivity index (χ1n) is 10.1. The first-order valence-corrected chi connectivity index (χ1v) is 11.0. The van der Waals surface area contributed by atoms with Gasteiger partial charge in [-0.1, -0.05) is 36.2 Å². The van der Waals surface area contributed by atoms with Gasteiger partial charge in [0.1, 0.15) is 17.6 Å². The molecule has 3 aromatic rings. The van der Waals surface area contributed by atoms with Gasteiger partial charge in [-0.25, -0.2) is 14.3 Å². The summed E-state index contributed by atoms with van der Waals surface area (Å²) < 4.78 is 12.8. The van der Waals surface area contributed by atoms with E-state index in [4.69, 9.17) is 9.47 Å². The zero-order chi connectivity index (χ0) is 22.2. The van der Waals surface area contributed by atoms with Crippen LogP contribution in [-0.4, -0.2) is 38.8 Å². The van der Waals surface area contributed by atoms with Crippen LogP contribution in [0.3, 0.4) is 0 Å². The normalized spacial score (nSPS) is 13.1. The first kappa shape index (κ1) is 23.1. The highest BCUT2D eigenvalue weighted by molar-refractivity contribution is 7.97. The molecule has 2 aromatic carbocycles. The zero-order valence-corrected chi connectivity index (χ0v) is 19.2. The maximum Gasteiger partial charge on any atom is 0.157 e. The van der Waals surface area contributed by atoms with Crippen molar-refractivity contribution in [3.8, 4) is 11.5 Å². The van der Waals surface area contributed by atoms with E-state index in [1.54, 1.807) is 38.6 Å². The minimum Gasteiger partial charge on any atom is -0.497 e. The fourth-order valence-electron chi connectivity index (χ4n) is 3.06. The largest absolute Gasteiger partial charge is 0.497 e. The van der Waals surface area contributed by atoms with Gasteiger partial charge in [-0.05, 0) is 54.8 Å². The van der Waals surface area contributed by atoms with Crippen LogP contribution in [0.1, 0.15) is 35.5 Å². The monoisotopic (exact) mass is 439 g/mol. The molecule has 7 heteroatoms. The van der Waals surface area contributed by atoms with E-state index in [2.05, 4.69) is 38.5 Å². The minimum atomic E-state index is -0.764. The van der Waals surface area contributed by atoms with Gasteiger partial charge in [0.2, 0.25) is 0 Å². The van der Waals surface area contributed by atoms with E-state index in [1.807, 2.05) is 38.1 Å². The van der Waals surface area contributed by atoms with Gasteiger partial charge in [0.25, 0.3) is 0 Å². The molecule has 1 aromatic heterocycles. The molecule has 0 saturated heterocycles. The van der Waals surface area contributed by atoms with Crippen LogP contribution in [0.15, 0.2) is 60.9 Å². The predicted molar refractivity (Wildman–Crippen MR) is 124 cm³/mol. The Morgan fingerprint density at radius 2 is 1.32 bits per heavy atom. The number of aliphatic hydroxyl groups excluding tert-OH is 1. The van der Waals surface area contributed by atoms with Gasteiger partial charge in [-0.15, -0.1) is 0 Å². The van der Waals surface area contributed by atoms with E-state index in [9.17, 15) is 5.11 Å². The van der Waals surface area contributed by atoms with E-state index in [-0.39, 0.29) is 5.25 Å². The van der Waals surface area contributed by atoms with Gasteiger partial charge >= 0.3 is 0 Å². The topological polar surface area (TPSA) is 67.7 Å². The molecule has 1 heterocycles. The van der Waals surface area contributed by atoms with Crippen LogP contribution >= 0.6 is 11.9 Å². The van der Waals surface area contributed by atoms with Gasteiger partial charge in [0.15, 0.2) is 5.82 Å². The number of aromatic nitrogens is 2. The Kier molecular flexibility index (Phi) is 8.28. The van der Waals surface area contributed by atoms with E-state index in [1.165, 1.54) is 0 Å². The zero-order valence-electron chi connectivity index (χ0n) is 18.4. The van der Waals surface area contributed by atoms with Crippen molar-refractivity contribution in [2.45, 2.75) is 38.3 Å². The Morgan fingerprint density at radius 1 is 0.871 bits per heavy atom. The van der Waals surface area contributed by atoms with Crippen LogP contribution in [-0.2, 0) is 13.1 Å². The molecule has 0 unspecified atom stereocenters. The Bertz CT molecular complexity index is 884. The van der Waals surface area contributed by atoms with Crippen molar-refractivity contribution < 1.29 is 14.6 Å². The fraction of sp³-hybridized carbons (Fsp3) is 0.333. The number of benzene rings is 2. The molecule has 164 valence electrons. The molecule has 0 amide bonds. The van der Waals surface area contributed by atoms with Crippen LogP contribution in [0, 0.1) is 6.92 Å².